The molecule has 3 nitrogen and oxygen atoms in total. The number of aryl methyl sites for hydroxylation is 1. The monoisotopic (exact) mass is 292 g/mol. The van der Waals surface area contributed by atoms with Crippen molar-refractivity contribution >= 4 is 17.3 Å². The molecule has 3 rings (SSSR count). The quantitative estimate of drug-likeness (QED) is 0.797. The van der Waals surface area contributed by atoms with Crippen LogP contribution in [0.2, 0.25) is 0 Å². The number of halogens is 3. The molecule has 0 amide bonds. The third kappa shape index (κ3) is 2.26. The second-order valence-corrected chi connectivity index (χ2v) is 5.03. The fourth-order valence-electron chi connectivity index (χ4n) is 2.42. The number of allylic oxidation sites excluding steroid dienone is 2. The average molecular weight is 292 g/mol. The molecule has 1 aromatic carbocycles. The Labute approximate surface area is 118 Å². The summed E-state index contributed by atoms with van der Waals surface area (Å²) in [7, 11) is 0. The first kappa shape index (κ1) is 13.6. The molecule has 1 spiro atoms. The van der Waals surface area contributed by atoms with E-state index >= 15 is 0 Å². The molecule has 2 aliphatic rings. The van der Waals surface area contributed by atoms with Gasteiger partial charge in [0.2, 0.25) is 5.84 Å². The summed E-state index contributed by atoms with van der Waals surface area (Å²) < 4.78 is 39.1. The van der Waals surface area contributed by atoms with Crippen LogP contribution in [-0.2, 0) is 10.3 Å². The fraction of sp³-hybridized carbons (Fsp3) is 0.200. The number of hydrogen-bond acceptors (Lipinski definition) is 3. The molecule has 0 saturated heterocycles. The third-order valence-electron chi connectivity index (χ3n) is 3.43. The van der Waals surface area contributed by atoms with Crippen LogP contribution in [0, 0.1) is 6.92 Å². The summed E-state index contributed by atoms with van der Waals surface area (Å²) in [5, 5.41) is 2.32. The van der Waals surface area contributed by atoms with Gasteiger partial charge in [0.25, 0.3) is 0 Å². The predicted octanol–water partition coefficient (Wildman–Crippen LogP) is 3.27. The molecule has 6 heteroatoms. The van der Waals surface area contributed by atoms with Crippen molar-refractivity contribution in [1.29, 1.82) is 0 Å². The van der Waals surface area contributed by atoms with Crippen LogP contribution in [0.25, 0.3) is 0 Å². The van der Waals surface area contributed by atoms with E-state index in [9.17, 15) is 18.0 Å². The summed E-state index contributed by atoms with van der Waals surface area (Å²) in [6.07, 6.45) is 0.711. The maximum Gasteiger partial charge on any atom is 0.449 e. The highest BCUT2D eigenvalue weighted by atomic mass is 19.4. The molecule has 1 aromatic rings. The first-order chi connectivity index (χ1) is 9.80. The average Bonchev–Trinajstić information content (AvgIpc) is 2.42. The lowest BCUT2D eigenvalue weighted by atomic mass is 9.83. The van der Waals surface area contributed by atoms with Gasteiger partial charge in [0.1, 0.15) is 5.54 Å². The van der Waals surface area contributed by atoms with E-state index in [0.29, 0.717) is 11.3 Å². The smallest absolute Gasteiger partial charge is 0.336 e. The van der Waals surface area contributed by atoms with Crippen molar-refractivity contribution in [3.05, 3.63) is 53.6 Å². The molecular weight excluding hydrogens is 281 g/mol. The Balaban J connectivity index is 2.23. The maximum atomic E-state index is 13.0. The number of carbonyl (C=O) groups is 1. The van der Waals surface area contributed by atoms with Crippen molar-refractivity contribution in [2.45, 2.75) is 18.6 Å². The molecule has 1 aliphatic heterocycles. The highest BCUT2D eigenvalue weighted by molar-refractivity contribution is 6.05. The zero-order valence-electron chi connectivity index (χ0n) is 11.0. The van der Waals surface area contributed by atoms with Crippen molar-refractivity contribution in [1.82, 2.24) is 0 Å². The van der Waals surface area contributed by atoms with Crippen LogP contribution in [0.3, 0.4) is 0 Å². The van der Waals surface area contributed by atoms with Gasteiger partial charge >= 0.3 is 6.18 Å². The highest BCUT2D eigenvalue weighted by Gasteiger charge is 2.44. The lowest BCUT2D eigenvalue weighted by Crippen LogP contribution is -2.39. The van der Waals surface area contributed by atoms with Crippen LogP contribution in [0.4, 0.5) is 18.9 Å². The van der Waals surface area contributed by atoms with E-state index in [1.165, 1.54) is 24.3 Å². The number of amidine groups is 1. The van der Waals surface area contributed by atoms with E-state index in [0.717, 1.165) is 5.56 Å². The summed E-state index contributed by atoms with van der Waals surface area (Å²) in [6.45, 7) is 1.85. The lowest BCUT2D eigenvalue weighted by Gasteiger charge is -2.34. The van der Waals surface area contributed by atoms with E-state index < -0.39 is 17.6 Å². The van der Waals surface area contributed by atoms with Gasteiger partial charge in [-0.1, -0.05) is 17.7 Å². The van der Waals surface area contributed by atoms with E-state index in [2.05, 4.69) is 10.3 Å². The van der Waals surface area contributed by atoms with Crippen LogP contribution in [-0.4, -0.2) is 17.8 Å². The third-order valence-corrected chi connectivity index (χ3v) is 3.43. The molecule has 21 heavy (non-hydrogen) atoms. The number of hydrogen-bond donors (Lipinski definition) is 1. The van der Waals surface area contributed by atoms with E-state index in [1.54, 1.807) is 18.2 Å². The summed E-state index contributed by atoms with van der Waals surface area (Å²) in [5.74, 6) is -1.33. The van der Waals surface area contributed by atoms with Crippen molar-refractivity contribution in [2.75, 3.05) is 5.32 Å². The summed E-state index contributed by atoms with van der Waals surface area (Å²) >= 11 is 0. The lowest BCUT2D eigenvalue weighted by molar-refractivity contribution is -0.110. The number of benzene rings is 1. The van der Waals surface area contributed by atoms with Crippen molar-refractivity contribution in [3.63, 3.8) is 0 Å². The van der Waals surface area contributed by atoms with Gasteiger partial charge in [0.15, 0.2) is 5.78 Å². The Bertz CT molecular complexity index is 698. The molecule has 0 unspecified atom stereocenters. The summed E-state index contributed by atoms with van der Waals surface area (Å²) in [6, 6.07) is 5.08. The first-order valence-corrected chi connectivity index (χ1v) is 6.28. The van der Waals surface area contributed by atoms with Gasteiger partial charge in [-0.15, -0.1) is 0 Å². The number of anilines is 1. The zero-order valence-corrected chi connectivity index (χ0v) is 11.0. The highest BCUT2D eigenvalue weighted by Crippen LogP contribution is 2.41. The second kappa shape index (κ2) is 4.31. The van der Waals surface area contributed by atoms with E-state index in [-0.39, 0.29) is 5.78 Å². The molecule has 0 atom stereocenters. The number of fused-ring (bicyclic) bond motifs is 2. The zero-order chi connectivity index (χ0) is 15.3. The summed E-state index contributed by atoms with van der Waals surface area (Å²) in [4.78, 5) is 15.1. The van der Waals surface area contributed by atoms with Gasteiger partial charge in [0, 0.05) is 11.3 Å². The van der Waals surface area contributed by atoms with E-state index in [4.69, 9.17) is 0 Å². The Morgan fingerprint density at radius 3 is 2.48 bits per heavy atom. The van der Waals surface area contributed by atoms with Gasteiger partial charge in [-0.05, 0) is 37.3 Å². The Hall–Kier alpha value is -2.37. The van der Waals surface area contributed by atoms with Crippen LogP contribution in [0.1, 0.15) is 11.1 Å². The van der Waals surface area contributed by atoms with Gasteiger partial charge < -0.3 is 5.32 Å². The molecule has 0 aromatic heterocycles. The number of ketones is 1. The minimum Gasteiger partial charge on any atom is -0.336 e. The van der Waals surface area contributed by atoms with Crippen LogP contribution >= 0.6 is 0 Å². The van der Waals surface area contributed by atoms with Gasteiger partial charge in [-0.3, -0.25) is 4.79 Å². The Morgan fingerprint density at radius 2 is 1.86 bits per heavy atom. The molecule has 1 aliphatic carbocycles. The minimum atomic E-state index is -4.58. The second-order valence-electron chi connectivity index (χ2n) is 5.03. The van der Waals surface area contributed by atoms with E-state index in [1.807, 2.05) is 6.92 Å². The number of nitrogens with zero attached hydrogens (tertiary/aromatic N) is 1. The number of aliphatic imine (C=N–C) groups is 1. The SMILES string of the molecule is Cc1ccc2c(c1)C1(C=CC(=O)C=C1)N=C(C(F)(F)F)N2. The maximum absolute atomic E-state index is 13.0. The Morgan fingerprint density at radius 1 is 1.19 bits per heavy atom. The molecule has 108 valence electrons. The molecule has 0 bridgehead atoms. The number of carbonyl (C=O) groups excluding carboxylic acids is 1. The normalized spacial score (nSPS) is 19.2. The van der Waals surface area contributed by atoms with Gasteiger partial charge in [-0.25, -0.2) is 4.99 Å². The van der Waals surface area contributed by atoms with Crippen LogP contribution in [0.15, 0.2) is 47.5 Å². The Kier molecular flexibility index (Phi) is 2.79. The minimum absolute atomic E-state index is 0.267. The number of nitrogens with one attached hydrogen (secondary N) is 1. The number of rotatable bonds is 0. The molecule has 0 fully saturated rings. The number of alkyl halides is 3. The van der Waals surface area contributed by atoms with Crippen LogP contribution in [0.5, 0.6) is 0 Å². The molecule has 1 N–H and O–H groups in total. The molecule has 0 saturated carbocycles. The topological polar surface area (TPSA) is 41.5 Å². The van der Waals surface area contributed by atoms with Crippen LogP contribution < -0.4 is 5.32 Å². The van der Waals surface area contributed by atoms with Crippen molar-refractivity contribution in [2.24, 2.45) is 4.99 Å². The van der Waals surface area contributed by atoms with Crippen molar-refractivity contribution < 1.29 is 18.0 Å². The largest absolute Gasteiger partial charge is 0.449 e. The van der Waals surface area contributed by atoms with Gasteiger partial charge in [0.05, 0.1) is 0 Å². The first-order valence-electron chi connectivity index (χ1n) is 6.28. The summed E-state index contributed by atoms with van der Waals surface area (Å²) in [5.41, 5.74) is 0.548. The predicted molar refractivity (Wildman–Crippen MR) is 73.3 cm³/mol. The fourth-order valence-corrected chi connectivity index (χ4v) is 2.42. The standard InChI is InChI=1S/C15H11F3N2O/c1-9-2-3-12-11(8-9)14(6-4-10(21)5-7-14)20-13(19-12)15(16,17)18/h2-8H,1H3,(H,19,20). The molecular formula is C15H11F3N2O. The van der Waals surface area contributed by atoms with Crippen molar-refractivity contribution in [3.8, 4) is 0 Å². The molecule has 1 heterocycles. The molecule has 0 radical (unpaired) electrons. The van der Waals surface area contributed by atoms with Gasteiger partial charge in [-0.2, -0.15) is 13.2 Å².